The minimum absolute atomic E-state index is 0.313. The van der Waals surface area contributed by atoms with Crippen molar-refractivity contribution in [2.75, 3.05) is 0 Å². The zero-order chi connectivity index (χ0) is 20.8. The van der Waals surface area contributed by atoms with Gasteiger partial charge in [-0.3, -0.25) is 9.59 Å². The van der Waals surface area contributed by atoms with Crippen molar-refractivity contribution in [2.45, 2.75) is 32.9 Å². The van der Waals surface area contributed by atoms with Gasteiger partial charge in [0, 0.05) is 0 Å². The number of nitrogens with one attached hydrogen (secondary N) is 2. The van der Waals surface area contributed by atoms with Gasteiger partial charge < -0.3 is 10.6 Å². The maximum absolute atomic E-state index is 13.8. The Bertz CT molecular complexity index is 885. The predicted octanol–water partition coefficient (Wildman–Crippen LogP) is 3.47. The van der Waals surface area contributed by atoms with Crippen LogP contribution in [0.4, 0.5) is 8.78 Å². The van der Waals surface area contributed by atoms with Crippen LogP contribution in [0.25, 0.3) is 0 Å². The fraction of sp³-hybridized carbons (Fsp3) is 0.286. The lowest BCUT2D eigenvalue weighted by Gasteiger charge is -2.24. The molecule has 2 amide bonds. The summed E-state index contributed by atoms with van der Waals surface area (Å²) in [4.78, 5) is 25.0. The van der Waals surface area contributed by atoms with Crippen molar-refractivity contribution in [3.63, 3.8) is 0 Å². The number of benzene rings is 2. The number of nitriles is 1. The van der Waals surface area contributed by atoms with Crippen molar-refractivity contribution in [1.29, 1.82) is 5.26 Å². The lowest BCUT2D eigenvalue weighted by molar-refractivity contribution is -0.124. The Hall–Kier alpha value is -3.27. The molecule has 5 nitrogen and oxygen atoms in total. The highest BCUT2D eigenvalue weighted by molar-refractivity contribution is 5.98. The molecule has 2 aromatic rings. The van der Waals surface area contributed by atoms with Gasteiger partial charge in [0.05, 0.1) is 17.7 Å². The van der Waals surface area contributed by atoms with E-state index in [9.17, 15) is 18.4 Å². The number of carbonyl (C=O) groups is 2. The van der Waals surface area contributed by atoms with Gasteiger partial charge in [0.15, 0.2) is 0 Å². The molecule has 7 heteroatoms. The average Bonchev–Trinajstić information content (AvgIpc) is 2.65. The van der Waals surface area contributed by atoms with E-state index in [1.807, 2.05) is 6.07 Å². The minimum Gasteiger partial charge on any atom is -0.348 e. The molecule has 2 N–H and O–H groups in total. The summed E-state index contributed by atoms with van der Waals surface area (Å²) in [5.41, 5.74) is 0.559. The largest absolute Gasteiger partial charge is 0.348 e. The van der Waals surface area contributed by atoms with E-state index >= 15 is 0 Å². The second-order valence-corrected chi connectivity index (χ2v) is 6.76. The number of carbonyl (C=O) groups excluding carboxylic acids is 2. The molecule has 0 aliphatic carbocycles. The molecule has 0 heterocycles. The van der Waals surface area contributed by atoms with E-state index in [1.165, 1.54) is 0 Å². The van der Waals surface area contributed by atoms with Gasteiger partial charge in [-0.1, -0.05) is 32.0 Å². The molecule has 2 rings (SSSR count). The third-order valence-corrected chi connectivity index (χ3v) is 4.32. The Morgan fingerprint density at radius 3 is 2.04 bits per heavy atom. The normalized spacial score (nSPS) is 12.8. The standard InChI is InChI=1S/C21H21F2N3O2/c1-12(2)19(26-20(27)18-16(22)5-4-6-17(18)23)21(28)25-13(3)15-9-7-14(11-24)8-10-15/h4-10,12-13,19H,1-3H3,(H,25,28)(H,26,27). The third kappa shape index (κ3) is 4.92. The van der Waals surface area contributed by atoms with E-state index < -0.39 is 35.1 Å². The molecular formula is C21H21F2N3O2. The van der Waals surface area contributed by atoms with Gasteiger partial charge in [-0.25, -0.2) is 8.78 Å². The number of amides is 2. The van der Waals surface area contributed by atoms with E-state index in [2.05, 4.69) is 10.6 Å². The summed E-state index contributed by atoms with van der Waals surface area (Å²) in [5.74, 6) is -3.77. The summed E-state index contributed by atoms with van der Waals surface area (Å²) in [6, 6.07) is 10.5. The summed E-state index contributed by atoms with van der Waals surface area (Å²) in [7, 11) is 0. The van der Waals surface area contributed by atoms with E-state index in [4.69, 9.17) is 5.26 Å². The molecule has 0 radical (unpaired) electrons. The fourth-order valence-electron chi connectivity index (χ4n) is 2.70. The van der Waals surface area contributed by atoms with E-state index in [0.29, 0.717) is 5.56 Å². The first kappa shape index (κ1) is 21.0. The fourth-order valence-corrected chi connectivity index (χ4v) is 2.70. The summed E-state index contributed by atoms with van der Waals surface area (Å²) in [6.07, 6.45) is 0. The van der Waals surface area contributed by atoms with E-state index in [-0.39, 0.29) is 12.0 Å². The van der Waals surface area contributed by atoms with Gasteiger partial charge in [0.25, 0.3) is 5.91 Å². The van der Waals surface area contributed by atoms with Crippen LogP contribution < -0.4 is 10.6 Å². The predicted molar refractivity (Wildman–Crippen MR) is 100 cm³/mol. The van der Waals surface area contributed by atoms with Crippen molar-refractivity contribution in [3.05, 3.63) is 70.8 Å². The molecule has 0 saturated heterocycles. The molecule has 0 aliphatic heterocycles. The first-order valence-corrected chi connectivity index (χ1v) is 8.80. The molecule has 28 heavy (non-hydrogen) atoms. The quantitative estimate of drug-likeness (QED) is 0.799. The van der Waals surface area contributed by atoms with Crippen LogP contribution in [0.5, 0.6) is 0 Å². The monoisotopic (exact) mass is 385 g/mol. The number of halogens is 2. The van der Waals surface area contributed by atoms with Crippen LogP contribution in [-0.2, 0) is 4.79 Å². The van der Waals surface area contributed by atoms with Crippen LogP contribution in [0.1, 0.15) is 48.3 Å². The maximum atomic E-state index is 13.8. The molecule has 0 aromatic heterocycles. The van der Waals surface area contributed by atoms with Crippen LogP contribution in [0.2, 0.25) is 0 Å². The molecule has 0 aliphatic rings. The Morgan fingerprint density at radius 1 is 0.964 bits per heavy atom. The second-order valence-electron chi connectivity index (χ2n) is 6.76. The maximum Gasteiger partial charge on any atom is 0.257 e. The van der Waals surface area contributed by atoms with Gasteiger partial charge in [-0.2, -0.15) is 5.26 Å². The SMILES string of the molecule is CC(NC(=O)C(NC(=O)c1c(F)cccc1F)C(C)C)c1ccc(C#N)cc1. The highest BCUT2D eigenvalue weighted by Crippen LogP contribution is 2.16. The van der Waals surface area contributed by atoms with Crippen molar-refractivity contribution < 1.29 is 18.4 Å². The molecule has 0 spiro atoms. The Morgan fingerprint density at radius 2 is 1.54 bits per heavy atom. The van der Waals surface area contributed by atoms with Gasteiger partial charge >= 0.3 is 0 Å². The van der Waals surface area contributed by atoms with Crippen LogP contribution in [-0.4, -0.2) is 17.9 Å². The highest BCUT2D eigenvalue weighted by atomic mass is 19.1. The van der Waals surface area contributed by atoms with E-state index in [0.717, 1.165) is 23.8 Å². The Kier molecular flexibility index (Phi) is 6.83. The van der Waals surface area contributed by atoms with Gasteiger partial charge in [-0.15, -0.1) is 0 Å². The molecule has 0 saturated carbocycles. The zero-order valence-electron chi connectivity index (χ0n) is 15.8. The minimum atomic E-state index is -0.994. The number of rotatable bonds is 6. The highest BCUT2D eigenvalue weighted by Gasteiger charge is 2.28. The number of nitrogens with zero attached hydrogens (tertiary/aromatic N) is 1. The number of hydrogen-bond donors (Lipinski definition) is 2. The van der Waals surface area contributed by atoms with Crippen LogP contribution in [0, 0.1) is 28.9 Å². The van der Waals surface area contributed by atoms with Crippen molar-refractivity contribution in [2.24, 2.45) is 5.92 Å². The third-order valence-electron chi connectivity index (χ3n) is 4.32. The molecule has 0 fully saturated rings. The van der Waals surface area contributed by atoms with Crippen molar-refractivity contribution in [1.82, 2.24) is 10.6 Å². The lowest BCUT2D eigenvalue weighted by Crippen LogP contribution is -2.50. The average molecular weight is 385 g/mol. The topological polar surface area (TPSA) is 82.0 Å². The Balaban J connectivity index is 2.13. The van der Waals surface area contributed by atoms with Crippen LogP contribution in [0.3, 0.4) is 0 Å². The lowest BCUT2D eigenvalue weighted by atomic mass is 10.0. The molecule has 2 aromatic carbocycles. The molecule has 2 unspecified atom stereocenters. The summed E-state index contributed by atoms with van der Waals surface area (Å²) >= 11 is 0. The van der Waals surface area contributed by atoms with Crippen LogP contribution >= 0.6 is 0 Å². The van der Waals surface area contributed by atoms with Gasteiger partial charge in [0.1, 0.15) is 23.2 Å². The van der Waals surface area contributed by atoms with Crippen LogP contribution in [0.15, 0.2) is 42.5 Å². The first-order valence-electron chi connectivity index (χ1n) is 8.80. The summed E-state index contributed by atoms with van der Waals surface area (Å²) in [5, 5.41) is 14.0. The smallest absolute Gasteiger partial charge is 0.257 e. The van der Waals surface area contributed by atoms with E-state index in [1.54, 1.807) is 45.0 Å². The molecule has 146 valence electrons. The number of hydrogen-bond acceptors (Lipinski definition) is 3. The first-order chi connectivity index (χ1) is 13.2. The van der Waals surface area contributed by atoms with Gasteiger partial charge in [-0.05, 0) is 42.7 Å². The summed E-state index contributed by atoms with van der Waals surface area (Å²) < 4.78 is 27.6. The summed E-state index contributed by atoms with van der Waals surface area (Å²) in [6.45, 7) is 5.19. The van der Waals surface area contributed by atoms with Crippen molar-refractivity contribution in [3.8, 4) is 6.07 Å². The molecule has 2 atom stereocenters. The molecule has 0 bridgehead atoms. The zero-order valence-corrected chi connectivity index (χ0v) is 15.8. The molecular weight excluding hydrogens is 364 g/mol. The van der Waals surface area contributed by atoms with Gasteiger partial charge in [0.2, 0.25) is 5.91 Å². The Labute approximate surface area is 162 Å². The van der Waals surface area contributed by atoms with Crippen molar-refractivity contribution >= 4 is 11.8 Å². The second kappa shape index (κ2) is 9.09.